The highest BCUT2D eigenvalue weighted by atomic mass is 32.2. The lowest BCUT2D eigenvalue weighted by Crippen LogP contribution is -2.33. The van der Waals surface area contributed by atoms with Gasteiger partial charge in [-0.05, 0) is 18.1 Å². The second-order valence-corrected chi connectivity index (χ2v) is 7.15. The number of sulfonamides is 1. The molecule has 1 aromatic heterocycles. The Kier molecular flexibility index (Phi) is 5.33. The topological polar surface area (TPSA) is 79.4 Å². The minimum atomic E-state index is -3.70. The van der Waals surface area contributed by atoms with E-state index in [1.165, 1.54) is 6.20 Å². The fourth-order valence-corrected chi connectivity index (χ4v) is 2.95. The fraction of sp³-hybridized carbons (Fsp3) is 0.250. The lowest BCUT2D eigenvalue weighted by molar-refractivity contribution is 0.0981. The van der Waals surface area contributed by atoms with Crippen LogP contribution in [0.15, 0.2) is 48.8 Å². The predicted octanol–water partition coefficient (Wildman–Crippen LogP) is 1.45. The lowest BCUT2D eigenvalue weighted by atomic mass is 10.2. The van der Waals surface area contributed by atoms with Crippen LogP contribution in [0.5, 0.6) is 0 Å². The van der Waals surface area contributed by atoms with Crippen LogP contribution in [0.1, 0.15) is 15.9 Å². The van der Waals surface area contributed by atoms with Crippen molar-refractivity contribution in [3.8, 4) is 0 Å². The van der Waals surface area contributed by atoms with E-state index in [2.05, 4.69) is 9.71 Å². The maximum Gasteiger partial charge on any atom is 0.266 e. The average Bonchev–Trinajstić information content (AvgIpc) is 2.54. The molecule has 0 aliphatic rings. The Balaban J connectivity index is 2.02. The first-order chi connectivity index (χ1) is 10.9. The number of hydrogen-bond donors (Lipinski definition) is 1. The van der Waals surface area contributed by atoms with Gasteiger partial charge < -0.3 is 4.90 Å². The van der Waals surface area contributed by atoms with E-state index in [-0.39, 0.29) is 11.3 Å². The molecule has 2 aromatic rings. The van der Waals surface area contributed by atoms with Crippen LogP contribution in [-0.4, -0.2) is 39.2 Å². The number of rotatable bonds is 6. The summed E-state index contributed by atoms with van der Waals surface area (Å²) in [5.41, 5.74) is 1.83. The van der Waals surface area contributed by atoms with Crippen molar-refractivity contribution in [2.75, 3.05) is 24.7 Å². The molecule has 0 atom stereocenters. The van der Waals surface area contributed by atoms with Gasteiger partial charge in [0.15, 0.2) is 0 Å². The molecule has 0 saturated carbocycles. The van der Waals surface area contributed by atoms with Crippen molar-refractivity contribution in [3.05, 3.63) is 59.9 Å². The summed E-state index contributed by atoms with van der Waals surface area (Å²) in [6.45, 7) is 0. The third-order valence-corrected chi connectivity index (χ3v) is 4.49. The molecular weight excluding hydrogens is 314 g/mol. The molecule has 1 N–H and O–H groups in total. The van der Waals surface area contributed by atoms with Gasteiger partial charge in [-0.1, -0.05) is 30.3 Å². The average molecular weight is 333 g/mol. The molecule has 1 heterocycles. The first kappa shape index (κ1) is 17.0. The van der Waals surface area contributed by atoms with Crippen molar-refractivity contribution >= 4 is 21.6 Å². The SMILES string of the molecule is CN(C)c1cncc(C(=O)NS(=O)(=O)CCc2ccccc2)c1. The Morgan fingerprint density at radius 1 is 1.17 bits per heavy atom. The largest absolute Gasteiger partial charge is 0.376 e. The van der Waals surface area contributed by atoms with Crippen LogP contribution >= 0.6 is 0 Å². The smallest absolute Gasteiger partial charge is 0.266 e. The molecule has 0 aliphatic carbocycles. The van der Waals surface area contributed by atoms with Crippen molar-refractivity contribution in [3.63, 3.8) is 0 Å². The van der Waals surface area contributed by atoms with Crippen LogP contribution in [0.25, 0.3) is 0 Å². The molecule has 0 spiro atoms. The normalized spacial score (nSPS) is 11.0. The predicted molar refractivity (Wildman–Crippen MR) is 90.0 cm³/mol. The summed E-state index contributed by atoms with van der Waals surface area (Å²) in [6.07, 6.45) is 3.29. The number of amides is 1. The number of hydrogen-bond acceptors (Lipinski definition) is 5. The van der Waals surface area contributed by atoms with Crippen molar-refractivity contribution in [2.45, 2.75) is 6.42 Å². The molecule has 0 saturated heterocycles. The highest BCUT2D eigenvalue weighted by molar-refractivity contribution is 7.90. The second-order valence-electron chi connectivity index (χ2n) is 5.31. The van der Waals surface area contributed by atoms with Crippen molar-refractivity contribution in [1.29, 1.82) is 0 Å². The number of nitrogens with zero attached hydrogens (tertiary/aromatic N) is 2. The molecule has 7 heteroatoms. The first-order valence-electron chi connectivity index (χ1n) is 7.08. The maximum absolute atomic E-state index is 12.1. The summed E-state index contributed by atoms with van der Waals surface area (Å²) >= 11 is 0. The van der Waals surface area contributed by atoms with E-state index in [0.717, 1.165) is 11.3 Å². The zero-order valence-corrected chi connectivity index (χ0v) is 13.9. The highest BCUT2D eigenvalue weighted by Gasteiger charge is 2.17. The molecule has 0 unspecified atom stereocenters. The summed E-state index contributed by atoms with van der Waals surface area (Å²) in [5.74, 6) is -0.821. The summed E-state index contributed by atoms with van der Waals surface area (Å²) in [4.78, 5) is 17.8. The zero-order valence-electron chi connectivity index (χ0n) is 13.1. The van der Waals surface area contributed by atoms with E-state index >= 15 is 0 Å². The number of aryl methyl sites for hydroxylation is 1. The minimum Gasteiger partial charge on any atom is -0.376 e. The number of nitrogens with one attached hydrogen (secondary N) is 1. The lowest BCUT2D eigenvalue weighted by Gasteiger charge is -2.13. The fourth-order valence-electron chi connectivity index (χ4n) is 1.94. The van der Waals surface area contributed by atoms with Crippen LogP contribution in [0.4, 0.5) is 5.69 Å². The quantitative estimate of drug-likeness (QED) is 0.865. The van der Waals surface area contributed by atoms with Gasteiger partial charge in [-0.2, -0.15) is 0 Å². The Morgan fingerprint density at radius 2 is 1.87 bits per heavy atom. The molecule has 1 amide bonds. The molecule has 2 rings (SSSR count). The van der Waals surface area contributed by atoms with E-state index in [1.807, 2.05) is 44.4 Å². The van der Waals surface area contributed by atoms with E-state index in [9.17, 15) is 13.2 Å². The Hall–Kier alpha value is -2.41. The van der Waals surface area contributed by atoms with E-state index in [4.69, 9.17) is 0 Å². The minimum absolute atomic E-state index is 0.149. The standard InChI is InChI=1S/C16H19N3O3S/c1-19(2)15-10-14(11-17-12-15)16(20)18-23(21,22)9-8-13-6-4-3-5-7-13/h3-7,10-12H,8-9H2,1-2H3,(H,18,20). The zero-order chi connectivity index (χ0) is 16.9. The third-order valence-electron chi connectivity index (χ3n) is 3.25. The van der Waals surface area contributed by atoms with Gasteiger partial charge in [-0.25, -0.2) is 13.1 Å². The molecule has 122 valence electrons. The second kappa shape index (κ2) is 7.23. The molecule has 0 radical (unpaired) electrons. The number of carbonyl (C=O) groups is 1. The molecule has 6 nitrogen and oxygen atoms in total. The van der Waals surface area contributed by atoms with Crippen LogP contribution in [0.3, 0.4) is 0 Å². The van der Waals surface area contributed by atoms with E-state index < -0.39 is 15.9 Å². The molecule has 1 aromatic carbocycles. The number of carbonyl (C=O) groups excluding carboxylic acids is 1. The Bertz CT molecular complexity index is 774. The van der Waals surface area contributed by atoms with Gasteiger partial charge in [0.05, 0.1) is 23.2 Å². The Labute approximate surface area is 136 Å². The Morgan fingerprint density at radius 3 is 2.52 bits per heavy atom. The number of benzene rings is 1. The van der Waals surface area contributed by atoms with Crippen LogP contribution < -0.4 is 9.62 Å². The van der Waals surface area contributed by atoms with Crippen molar-refractivity contribution in [2.24, 2.45) is 0 Å². The number of aromatic nitrogens is 1. The maximum atomic E-state index is 12.1. The summed E-state index contributed by atoms with van der Waals surface area (Å²) in [7, 11) is -0.0716. The van der Waals surface area contributed by atoms with Gasteiger partial charge >= 0.3 is 0 Å². The highest BCUT2D eigenvalue weighted by Crippen LogP contribution is 2.11. The summed E-state index contributed by atoms with van der Waals surface area (Å²) in [6, 6.07) is 10.8. The van der Waals surface area contributed by atoms with Gasteiger partial charge in [-0.3, -0.25) is 9.78 Å². The summed E-state index contributed by atoms with van der Waals surface area (Å²) in [5, 5.41) is 0. The van der Waals surface area contributed by atoms with Gasteiger partial charge in [0, 0.05) is 20.3 Å². The first-order valence-corrected chi connectivity index (χ1v) is 8.74. The molecule has 23 heavy (non-hydrogen) atoms. The number of anilines is 1. The third kappa shape index (κ3) is 5.07. The molecule has 0 aliphatic heterocycles. The van der Waals surface area contributed by atoms with Gasteiger partial charge in [0.25, 0.3) is 5.91 Å². The van der Waals surface area contributed by atoms with Crippen LogP contribution in [0.2, 0.25) is 0 Å². The monoisotopic (exact) mass is 333 g/mol. The van der Waals surface area contributed by atoms with Crippen molar-refractivity contribution in [1.82, 2.24) is 9.71 Å². The van der Waals surface area contributed by atoms with Crippen LogP contribution in [0, 0.1) is 0 Å². The van der Waals surface area contributed by atoms with Crippen molar-refractivity contribution < 1.29 is 13.2 Å². The van der Waals surface area contributed by atoms with Gasteiger partial charge in [-0.15, -0.1) is 0 Å². The number of pyridine rings is 1. The van der Waals surface area contributed by atoms with E-state index in [1.54, 1.807) is 17.2 Å². The van der Waals surface area contributed by atoms with Gasteiger partial charge in [0.1, 0.15) is 0 Å². The van der Waals surface area contributed by atoms with Crippen LogP contribution in [-0.2, 0) is 16.4 Å². The van der Waals surface area contributed by atoms with Gasteiger partial charge in [0.2, 0.25) is 10.0 Å². The molecule has 0 fully saturated rings. The van der Waals surface area contributed by atoms with E-state index in [0.29, 0.717) is 6.42 Å². The molecule has 0 bridgehead atoms. The molecular formula is C16H19N3O3S. The summed E-state index contributed by atoms with van der Waals surface area (Å²) < 4.78 is 26.2.